The second kappa shape index (κ2) is 6.49. The predicted octanol–water partition coefficient (Wildman–Crippen LogP) is 1.85. The van der Waals surface area contributed by atoms with Gasteiger partial charge in [-0.05, 0) is 31.4 Å². The van der Waals surface area contributed by atoms with Crippen molar-refractivity contribution in [2.24, 2.45) is 5.73 Å². The van der Waals surface area contributed by atoms with Crippen molar-refractivity contribution in [2.75, 3.05) is 20.2 Å². The summed E-state index contributed by atoms with van der Waals surface area (Å²) in [4.78, 5) is 14.1. The van der Waals surface area contributed by atoms with Gasteiger partial charge in [-0.15, -0.1) is 0 Å². The summed E-state index contributed by atoms with van der Waals surface area (Å²) >= 11 is 0. The molecule has 2 rings (SSSR count). The largest absolute Gasteiger partial charge is 0.381 e. The van der Waals surface area contributed by atoms with Gasteiger partial charge in [0.25, 0.3) is 5.91 Å². The quantitative estimate of drug-likeness (QED) is 0.926. The molecule has 2 atom stereocenters. The molecule has 0 spiro atoms. The maximum absolute atomic E-state index is 13.9. The SMILES string of the molecule is CO[C@H]1CCN(C(=O)c2cc(C)c(F)cc2F)[C@H](CN)C1. The average molecular weight is 298 g/mol. The summed E-state index contributed by atoms with van der Waals surface area (Å²) < 4.78 is 32.5. The molecule has 0 radical (unpaired) electrons. The van der Waals surface area contributed by atoms with Gasteiger partial charge in [0.15, 0.2) is 0 Å². The van der Waals surface area contributed by atoms with E-state index in [4.69, 9.17) is 10.5 Å². The van der Waals surface area contributed by atoms with Gasteiger partial charge in [0.05, 0.1) is 11.7 Å². The minimum Gasteiger partial charge on any atom is -0.381 e. The summed E-state index contributed by atoms with van der Waals surface area (Å²) in [6.07, 6.45) is 1.36. The molecule has 1 aromatic carbocycles. The molecule has 1 aliphatic rings. The van der Waals surface area contributed by atoms with Crippen LogP contribution in [-0.4, -0.2) is 43.2 Å². The van der Waals surface area contributed by atoms with E-state index in [2.05, 4.69) is 0 Å². The summed E-state index contributed by atoms with van der Waals surface area (Å²) in [5.74, 6) is -1.94. The van der Waals surface area contributed by atoms with Crippen LogP contribution < -0.4 is 5.73 Å². The highest BCUT2D eigenvalue weighted by Crippen LogP contribution is 2.23. The summed E-state index contributed by atoms with van der Waals surface area (Å²) in [5, 5.41) is 0. The van der Waals surface area contributed by atoms with Gasteiger partial charge in [0.1, 0.15) is 11.6 Å². The molecule has 1 aliphatic heterocycles. The van der Waals surface area contributed by atoms with Gasteiger partial charge in [0, 0.05) is 32.3 Å². The minimum absolute atomic E-state index is 0.0578. The summed E-state index contributed by atoms with van der Waals surface area (Å²) in [5.41, 5.74) is 5.85. The summed E-state index contributed by atoms with van der Waals surface area (Å²) in [6, 6.07) is 1.81. The lowest BCUT2D eigenvalue weighted by molar-refractivity contribution is 0.0137. The van der Waals surface area contributed by atoms with E-state index in [1.54, 1.807) is 12.0 Å². The van der Waals surface area contributed by atoms with E-state index < -0.39 is 17.5 Å². The highest BCUT2D eigenvalue weighted by molar-refractivity contribution is 5.95. The Hall–Kier alpha value is -1.53. The first kappa shape index (κ1) is 15.9. The van der Waals surface area contributed by atoms with Crippen LogP contribution in [0, 0.1) is 18.6 Å². The molecule has 1 aromatic rings. The van der Waals surface area contributed by atoms with E-state index in [1.807, 2.05) is 0 Å². The Balaban J connectivity index is 2.25. The van der Waals surface area contributed by atoms with Gasteiger partial charge < -0.3 is 15.4 Å². The summed E-state index contributed by atoms with van der Waals surface area (Å²) in [6.45, 7) is 2.24. The lowest BCUT2D eigenvalue weighted by Crippen LogP contribution is -2.51. The number of rotatable bonds is 3. The molecule has 116 valence electrons. The van der Waals surface area contributed by atoms with Gasteiger partial charge in [-0.3, -0.25) is 4.79 Å². The van der Waals surface area contributed by atoms with Crippen LogP contribution in [-0.2, 0) is 4.74 Å². The minimum atomic E-state index is -0.840. The second-order valence-electron chi connectivity index (χ2n) is 5.35. The zero-order valence-corrected chi connectivity index (χ0v) is 12.2. The van der Waals surface area contributed by atoms with Gasteiger partial charge in [-0.25, -0.2) is 8.78 Å². The van der Waals surface area contributed by atoms with Crippen LogP contribution in [0.5, 0.6) is 0 Å². The van der Waals surface area contributed by atoms with Gasteiger partial charge in [-0.1, -0.05) is 0 Å². The molecular weight excluding hydrogens is 278 g/mol. The van der Waals surface area contributed by atoms with Crippen molar-refractivity contribution >= 4 is 5.91 Å². The lowest BCUT2D eigenvalue weighted by Gasteiger charge is -2.38. The van der Waals surface area contributed by atoms with Crippen molar-refractivity contribution in [2.45, 2.75) is 31.9 Å². The zero-order valence-electron chi connectivity index (χ0n) is 12.2. The predicted molar refractivity (Wildman–Crippen MR) is 75.0 cm³/mol. The monoisotopic (exact) mass is 298 g/mol. The van der Waals surface area contributed by atoms with Crippen molar-refractivity contribution in [1.82, 2.24) is 4.90 Å². The fourth-order valence-electron chi connectivity index (χ4n) is 2.69. The molecule has 0 aliphatic carbocycles. The first-order valence-electron chi connectivity index (χ1n) is 6.97. The molecule has 1 saturated heterocycles. The molecule has 21 heavy (non-hydrogen) atoms. The number of ether oxygens (including phenoxy) is 1. The number of nitrogens with zero attached hydrogens (tertiary/aromatic N) is 1. The van der Waals surface area contributed by atoms with E-state index in [0.717, 1.165) is 6.07 Å². The first-order valence-corrected chi connectivity index (χ1v) is 6.97. The van der Waals surface area contributed by atoms with Crippen molar-refractivity contribution in [3.05, 3.63) is 34.9 Å². The van der Waals surface area contributed by atoms with Gasteiger partial charge in [-0.2, -0.15) is 0 Å². The van der Waals surface area contributed by atoms with Crippen LogP contribution in [0.15, 0.2) is 12.1 Å². The standard InChI is InChI=1S/C15H20F2N2O2/c1-9-5-12(14(17)7-13(9)16)15(20)19-4-3-11(21-2)6-10(19)8-18/h5,7,10-11H,3-4,6,8,18H2,1-2H3/t10-,11-/m0/s1. The number of benzene rings is 1. The number of nitrogens with two attached hydrogens (primary N) is 1. The number of hydrogen-bond donors (Lipinski definition) is 1. The number of amides is 1. The molecule has 1 fully saturated rings. The number of carbonyl (C=O) groups is 1. The Morgan fingerprint density at radius 1 is 1.43 bits per heavy atom. The zero-order chi connectivity index (χ0) is 15.6. The summed E-state index contributed by atoms with van der Waals surface area (Å²) in [7, 11) is 1.62. The van der Waals surface area contributed by atoms with Crippen LogP contribution in [0.25, 0.3) is 0 Å². The molecule has 6 heteroatoms. The molecule has 4 nitrogen and oxygen atoms in total. The number of aryl methyl sites for hydroxylation is 1. The third-order valence-electron chi connectivity index (χ3n) is 4.01. The number of likely N-dealkylation sites (tertiary alicyclic amines) is 1. The molecule has 1 heterocycles. The first-order chi connectivity index (χ1) is 9.97. The number of hydrogen-bond acceptors (Lipinski definition) is 3. The van der Waals surface area contributed by atoms with Crippen LogP contribution in [0.2, 0.25) is 0 Å². The average Bonchev–Trinajstić information content (AvgIpc) is 2.49. The Bertz CT molecular complexity index is 537. The number of piperidine rings is 1. The van der Waals surface area contributed by atoms with Crippen molar-refractivity contribution in [1.29, 1.82) is 0 Å². The lowest BCUT2D eigenvalue weighted by atomic mass is 9.97. The molecule has 0 bridgehead atoms. The molecule has 1 amide bonds. The fraction of sp³-hybridized carbons (Fsp3) is 0.533. The van der Waals surface area contributed by atoms with Gasteiger partial charge >= 0.3 is 0 Å². The Kier molecular flexibility index (Phi) is 4.90. The molecule has 2 N–H and O–H groups in total. The third-order valence-corrected chi connectivity index (χ3v) is 4.01. The maximum atomic E-state index is 13.9. The van der Waals surface area contributed by atoms with Crippen molar-refractivity contribution in [3.63, 3.8) is 0 Å². The molecule has 0 saturated carbocycles. The van der Waals surface area contributed by atoms with Gasteiger partial charge in [0.2, 0.25) is 0 Å². The van der Waals surface area contributed by atoms with E-state index in [-0.39, 0.29) is 29.8 Å². The van der Waals surface area contributed by atoms with E-state index in [1.165, 1.54) is 13.0 Å². The fourth-order valence-corrected chi connectivity index (χ4v) is 2.69. The number of carbonyl (C=O) groups excluding carboxylic acids is 1. The highest BCUT2D eigenvalue weighted by Gasteiger charge is 2.32. The van der Waals surface area contributed by atoms with Crippen LogP contribution >= 0.6 is 0 Å². The van der Waals surface area contributed by atoms with E-state index in [9.17, 15) is 13.6 Å². The van der Waals surface area contributed by atoms with Crippen LogP contribution in [0.4, 0.5) is 8.78 Å². The number of halogens is 2. The van der Waals surface area contributed by atoms with Crippen molar-refractivity contribution in [3.8, 4) is 0 Å². The Morgan fingerprint density at radius 3 is 2.76 bits per heavy atom. The third kappa shape index (κ3) is 3.22. The van der Waals surface area contributed by atoms with E-state index >= 15 is 0 Å². The van der Waals surface area contributed by atoms with Crippen LogP contribution in [0.1, 0.15) is 28.8 Å². The Morgan fingerprint density at radius 2 is 2.14 bits per heavy atom. The molecular formula is C15H20F2N2O2. The Labute approximate surface area is 122 Å². The van der Waals surface area contributed by atoms with Crippen molar-refractivity contribution < 1.29 is 18.3 Å². The normalized spacial score (nSPS) is 22.4. The maximum Gasteiger partial charge on any atom is 0.257 e. The van der Waals surface area contributed by atoms with E-state index in [0.29, 0.717) is 19.4 Å². The topological polar surface area (TPSA) is 55.6 Å². The smallest absolute Gasteiger partial charge is 0.257 e. The highest BCUT2D eigenvalue weighted by atomic mass is 19.1. The second-order valence-corrected chi connectivity index (χ2v) is 5.35. The van der Waals surface area contributed by atoms with Crippen LogP contribution in [0.3, 0.4) is 0 Å². The number of methoxy groups -OCH3 is 1. The molecule has 0 aromatic heterocycles. The molecule has 0 unspecified atom stereocenters.